The van der Waals surface area contributed by atoms with Gasteiger partial charge in [-0.05, 0) is 0 Å². The van der Waals surface area contributed by atoms with Crippen LogP contribution < -0.4 is 0 Å². The molecule has 8 rings (SSSR count). The Bertz CT molecular complexity index is 1680. The quantitative estimate of drug-likeness (QED) is 0.177. The first kappa shape index (κ1) is 31.3. The molecule has 0 aliphatic heterocycles. The third-order valence-electron chi connectivity index (χ3n) is 11.9. The molecule has 2 aromatic heterocycles. The van der Waals surface area contributed by atoms with Gasteiger partial charge in [0.25, 0.3) is 0 Å². The summed E-state index contributed by atoms with van der Waals surface area (Å²) in [5.74, 6) is 0.645. The summed E-state index contributed by atoms with van der Waals surface area (Å²) in [5.41, 5.74) is 10.2. The van der Waals surface area contributed by atoms with Crippen molar-refractivity contribution < 1.29 is 24.4 Å². The zero-order valence-corrected chi connectivity index (χ0v) is 32.0. The summed E-state index contributed by atoms with van der Waals surface area (Å²) >= 11 is -4.97. The summed E-state index contributed by atoms with van der Waals surface area (Å²) < 4.78 is 11.9. The number of benzene rings is 2. The zero-order chi connectivity index (χ0) is 31.5. The molecule has 0 N–H and O–H groups in total. The number of fused-ring (bicyclic) bond motifs is 2. The minimum atomic E-state index is -4.97. The van der Waals surface area contributed by atoms with E-state index in [2.05, 4.69) is 71.6 Å². The molecule has 2 heterocycles. The van der Waals surface area contributed by atoms with Crippen molar-refractivity contribution in [3.8, 4) is 22.9 Å². The van der Waals surface area contributed by atoms with E-state index in [1.165, 1.54) is 97.6 Å². The predicted octanol–water partition coefficient (Wildman–Crippen LogP) is 11.7. The summed E-state index contributed by atoms with van der Waals surface area (Å²) in [6, 6.07) is 13.3. The fourth-order valence-electron chi connectivity index (χ4n) is 9.58. The summed E-state index contributed by atoms with van der Waals surface area (Å²) in [4.78, 5) is 9.19. The summed E-state index contributed by atoms with van der Waals surface area (Å²) in [6.07, 6.45) is 24.4. The molecule has 0 amide bonds. The average molecular weight is 750 g/mol. The van der Waals surface area contributed by atoms with Crippen molar-refractivity contribution in [2.24, 2.45) is 11.8 Å². The van der Waals surface area contributed by atoms with E-state index in [1.807, 2.05) is 0 Å². The molecule has 2 aromatic carbocycles. The Balaban J connectivity index is 1.38. The van der Waals surface area contributed by atoms with Crippen LogP contribution in [0, 0.1) is 11.8 Å². The molecule has 4 aromatic rings. The van der Waals surface area contributed by atoms with E-state index in [1.54, 1.807) is 24.9 Å². The summed E-state index contributed by atoms with van der Waals surface area (Å²) in [6.45, 7) is 4.93. The van der Waals surface area contributed by atoms with Crippen LogP contribution >= 0.6 is 17.0 Å². The predicted molar refractivity (Wildman–Crippen MR) is 189 cm³/mol. The van der Waals surface area contributed by atoms with Crippen LogP contribution in [0.3, 0.4) is 0 Å². The number of aromatic nitrogens is 2. The van der Waals surface area contributed by atoms with Crippen LogP contribution in [0.15, 0.2) is 81.3 Å². The minimum absolute atomic E-state index is 0.0674. The van der Waals surface area contributed by atoms with Crippen molar-refractivity contribution in [2.45, 2.75) is 84.6 Å². The molecule has 46 heavy (non-hydrogen) atoms. The fourth-order valence-corrected chi connectivity index (χ4v) is 40.6. The van der Waals surface area contributed by atoms with E-state index in [0.717, 1.165) is 11.1 Å². The van der Waals surface area contributed by atoms with Crippen molar-refractivity contribution >= 4 is 35.1 Å². The first-order valence-electron chi connectivity index (χ1n) is 17.4. The molecule has 0 saturated heterocycles. The molecule has 4 nitrogen and oxygen atoms in total. The number of allylic oxidation sites excluding steroid dienone is 2. The third-order valence-corrected chi connectivity index (χ3v) is 63.5. The summed E-state index contributed by atoms with van der Waals surface area (Å²) in [5, 5.41) is 0. The van der Waals surface area contributed by atoms with Crippen molar-refractivity contribution in [3.05, 3.63) is 94.7 Å². The Kier molecular flexibility index (Phi) is 8.28. The molecular weight excluding hydrogens is 707 g/mol. The van der Waals surface area contributed by atoms with Gasteiger partial charge in [0.1, 0.15) is 0 Å². The Labute approximate surface area is 281 Å². The SMILES string of the molecule is C[SiH](C)[Zr]([Cl])([Cl])([CH]1C(C2CCCCC2)=Cc2c(-c3ncco3)cccc21)[CH]1C(C2CCCCC2)=Cc2c(-c3ncco3)cccc21. The van der Waals surface area contributed by atoms with E-state index in [0.29, 0.717) is 23.6 Å². The maximum atomic E-state index is 8.86. The monoisotopic (exact) mass is 747 g/mol. The molecule has 2 atom stereocenters. The van der Waals surface area contributed by atoms with Gasteiger partial charge >= 0.3 is 283 Å². The van der Waals surface area contributed by atoms with Gasteiger partial charge < -0.3 is 0 Å². The average Bonchev–Trinajstić information content (AvgIpc) is 3.90. The first-order chi connectivity index (χ1) is 22.4. The Hall–Kier alpha value is -1.98. The van der Waals surface area contributed by atoms with Crippen molar-refractivity contribution in [1.29, 1.82) is 0 Å². The number of oxazole rings is 2. The van der Waals surface area contributed by atoms with Crippen molar-refractivity contribution in [1.82, 2.24) is 9.97 Å². The van der Waals surface area contributed by atoms with Gasteiger partial charge in [-0.1, -0.05) is 0 Å². The van der Waals surface area contributed by atoms with Crippen LogP contribution in [0.4, 0.5) is 0 Å². The number of hydrogen-bond acceptors (Lipinski definition) is 4. The molecule has 2 fully saturated rings. The van der Waals surface area contributed by atoms with Crippen molar-refractivity contribution in [2.75, 3.05) is 0 Å². The molecule has 8 heteroatoms. The van der Waals surface area contributed by atoms with Crippen LogP contribution in [0.25, 0.3) is 35.1 Å². The number of rotatable bonds is 7. The van der Waals surface area contributed by atoms with Gasteiger partial charge in [-0.3, -0.25) is 0 Å². The molecule has 2 unspecified atom stereocenters. The van der Waals surface area contributed by atoms with Crippen molar-refractivity contribution in [3.63, 3.8) is 0 Å². The van der Waals surface area contributed by atoms with Gasteiger partial charge in [0, 0.05) is 0 Å². The van der Waals surface area contributed by atoms with Crippen LogP contribution in [0.5, 0.6) is 0 Å². The van der Waals surface area contributed by atoms with Gasteiger partial charge in [0.05, 0.1) is 0 Å². The Morgan fingerprint density at radius 1 is 0.652 bits per heavy atom. The zero-order valence-electron chi connectivity index (χ0n) is 26.9. The first-order valence-corrected chi connectivity index (χ1v) is 33.7. The molecule has 0 spiro atoms. The van der Waals surface area contributed by atoms with Crippen LogP contribution in [-0.2, 0) is 15.6 Å². The van der Waals surface area contributed by atoms with Crippen LogP contribution in [0.2, 0.25) is 13.1 Å². The second-order valence-electron chi connectivity index (χ2n) is 14.5. The molecule has 4 aliphatic rings. The van der Waals surface area contributed by atoms with E-state index in [-0.39, 0.29) is 7.25 Å². The molecule has 0 radical (unpaired) electrons. The van der Waals surface area contributed by atoms with Crippen LogP contribution in [0.1, 0.15) is 93.7 Å². The fraction of sp³-hybridized carbons (Fsp3) is 0.421. The molecule has 2 saturated carbocycles. The van der Waals surface area contributed by atoms with Gasteiger partial charge in [-0.25, -0.2) is 0 Å². The topological polar surface area (TPSA) is 52.1 Å². The second-order valence-corrected chi connectivity index (χ2v) is 57.0. The summed E-state index contributed by atoms with van der Waals surface area (Å²) in [7, 11) is 17.7. The molecule has 0 bridgehead atoms. The Morgan fingerprint density at radius 3 is 1.46 bits per heavy atom. The van der Waals surface area contributed by atoms with Gasteiger partial charge in [-0.2, -0.15) is 0 Å². The van der Waals surface area contributed by atoms with E-state index in [9.17, 15) is 0 Å². The van der Waals surface area contributed by atoms with Gasteiger partial charge in [-0.15, -0.1) is 0 Å². The molecule has 4 aliphatic carbocycles. The van der Waals surface area contributed by atoms with E-state index in [4.69, 9.17) is 25.9 Å². The second kappa shape index (κ2) is 12.2. The van der Waals surface area contributed by atoms with Gasteiger partial charge in [0.15, 0.2) is 0 Å². The third kappa shape index (κ3) is 4.91. The molecule has 239 valence electrons. The number of nitrogens with zero attached hydrogens (tertiary/aromatic N) is 2. The number of hydrogen-bond donors (Lipinski definition) is 0. The van der Waals surface area contributed by atoms with E-state index >= 15 is 0 Å². The number of halogens is 2. The Morgan fingerprint density at radius 2 is 1.09 bits per heavy atom. The van der Waals surface area contributed by atoms with E-state index < -0.39 is 21.5 Å². The standard InChI is InChI=1S/2C18H18NO.C2H7Si.2ClH.Zr/c2*1-2-5-13(6-3-1)15-11-14-7-4-8-16(17(14)12-15)18-19-9-10-20-18;1-3-2;;;/h2*4,7-13H,1-3,5-6H2;3H,1-2H3;2*1H;/q;;;;;+2/p-2. The van der Waals surface area contributed by atoms with Gasteiger partial charge in [0.2, 0.25) is 0 Å². The van der Waals surface area contributed by atoms with Crippen LogP contribution in [-0.4, -0.2) is 15.9 Å². The molecular formula is C38H43Cl2N2O2SiZr. The maximum absolute atomic E-state index is 8.86. The normalized spacial score (nSPS) is 23.1.